The number of nitrogens with zero attached hydrogens (tertiary/aromatic N) is 1. The van der Waals surface area contributed by atoms with Crippen LogP contribution >= 0.6 is 12.2 Å². The molecule has 0 radical (unpaired) electrons. The van der Waals surface area contributed by atoms with Gasteiger partial charge in [-0.1, -0.05) is 18.2 Å². The smallest absolute Gasteiger partial charge is 0.186 e. The summed E-state index contributed by atoms with van der Waals surface area (Å²) >= 11 is 4.98. The minimum Gasteiger partial charge on any atom is -0.362 e. The lowest BCUT2D eigenvalue weighted by molar-refractivity contribution is 0.904. The average molecular weight is 235 g/mol. The average Bonchev–Trinajstić information content (AvgIpc) is 2.24. The number of benzene rings is 1. The van der Waals surface area contributed by atoms with Crippen LogP contribution in [-0.2, 0) is 0 Å². The first-order valence-electron chi connectivity index (χ1n) is 5.27. The van der Waals surface area contributed by atoms with Gasteiger partial charge in [0.1, 0.15) is 0 Å². The molecule has 0 spiro atoms. The molecule has 2 N–H and O–H groups in total. The van der Waals surface area contributed by atoms with E-state index in [1.54, 1.807) is 6.21 Å². The third-order valence-electron chi connectivity index (χ3n) is 2.25. The van der Waals surface area contributed by atoms with Crippen molar-refractivity contribution in [2.24, 2.45) is 5.10 Å². The normalized spacial score (nSPS) is 10.4. The van der Waals surface area contributed by atoms with Crippen LogP contribution in [0.25, 0.3) is 0 Å². The Morgan fingerprint density at radius 1 is 1.38 bits per heavy atom. The second-order valence-corrected chi connectivity index (χ2v) is 3.98. The summed E-state index contributed by atoms with van der Waals surface area (Å²) in [5, 5.41) is 7.56. The molecule has 0 aliphatic rings. The molecule has 1 rings (SSSR count). The molecular formula is C12H17N3S. The van der Waals surface area contributed by atoms with Crippen molar-refractivity contribution < 1.29 is 0 Å². The highest BCUT2D eigenvalue weighted by atomic mass is 32.1. The zero-order valence-corrected chi connectivity index (χ0v) is 10.7. The molecule has 0 aliphatic heterocycles. The zero-order chi connectivity index (χ0) is 12.0. The van der Waals surface area contributed by atoms with E-state index >= 15 is 0 Å². The van der Waals surface area contributed by atoms with Crippen LogP contribution in [-0.4, -0.2) is 17.9 Å². The Bertz CT molecular complexity index is 399. The van der Waals surface area contributed by atoms with E-state index in [-0.39, 0.29) is 0 Å². The van der Waals surface area contributed by atoms with Crippen LogP contribution in [0.15, 0.2) is 23.3 Å². The van der Waals surface area contributed by atoms with Gasteiger partial charge in [-0.3, -0.25) is 5.43 Å². The highest BCUT2D eigenvalue weighted by Gasteiger charge is 1.93. The molecular weight excluding hydrogens is 218 g/mol. The number of hydrogen-bond donors (Lipinski definition) is 2. The van der Waals surface area contributed by atoms with E-state index < -0.39 is 0 Å². The molecule has 0 heterocycles. The van der Waals surface area contributed by atoms with E-state index in [9.17, 15) is 0 Å². The lowest BCUT2D eigenvalue weighted by Gasteiger charge is -2.03. The summed E-state index contributed by atoms with van der Waals surface area (Å²) < 4.78 is 0. The zero-order valence-electron chi connectivity index (χ0n) is 9.87. The third kappa shape index (κ3) is 3.98. The van der Waals surface area contributed by atoms with Gasteiger partial charge in [0, 0.05) is 6.54 Å². The van der Waals surface area contributed by atoms with E-state index in [4.69, 9.17) is 12.2 Å². The summed E-state index contributed by atoms with van der Waals surface area (Å²) in [5.41, 5.74) is 6.37. The van der Waals surface area contributed by atoms with E-state index in [0.29, 0.717) is 5.11 Å². The van der Waals surface area contributed by atoms with Crippen molar-refractivity contribution in [2.75, 3.05) is 6.54 Å². The van der Waals surface area contributed by atoms with Crippen LogP contribution < -0.4 is 10.7 Å². The van der Waals surface area contributed by atoms with Crippen LogP contribution in [0.1, 0.15) is 23.6 Å². The molecule has 0 fully saturated rings. The monoisotopic (exact) mass is 235 g/mol. The van der Waals surface area contributed by atoms with Gasteiger partial charge in [0.15, 0.2) is 5.11 Å². The first kappa shape index (κ1) is 12.6. The fraction of sp³-hybridized carbons (Fsp3) is 0.333. The number of nitrogens with one attached hydrogen (secondary N) is 2. The molecule has 1 aromatic rings. The van der Waals surface area contributed by atoms with Crippen LogP contribution in [0.3, 0.4) is 0 Å². The molecule has 16 heavy (non-hydrogen) atoms. The van der Waals surface area contributed by atoms with E-state index in [2.05, 4.69) is 41.8 Å². The number of aryl methyl sites for hydroxylation is 2. The van der Waals surface area contributed by atoms with Crippen molar-refractivity contribution in [2.45, 2.75) is 20.8 Å². The third-order valence-corrected chi connectivity index (χ3v) is 2.48. The molecule has 0 saturated carbocycles. The molecule has 0 atom stereocenters. The number of thiocarbonyl (C=S) groups is 1. The molecule has 0 bridgehead atoms. The van der Waals surface area contributed by atoms with Gasteiger partial charge in [-0.25, -0.2) is 0 Å². The predicted molar refractivity (Wildman–Crippen MR) is 72.9 cm³/mol. The Balaban J connectivity index is 2.56. The van der Waals surface area contributed by atoms with Crippen molar-refractivity contribution in [1.82, 2.24) is 10.7 Å². The van der Waals surface area contributed by atoms with Gasteiger partial charge < -0.3 is 5.32 Å². The fourth-order valence-electron chi connectivity index (χ4n) is 1.21. The summed E-state index contributed by atoms with van der Waals surface area (Å²) in [7, 11) is 0. The maximum absolute atomic E-state index is 4.98. The predicted octanol–water partition coefficient (Wildman–Crippen LogP) is 2.12. The van der Waals surface area contributed by atoms with Gasteiger partial charge >= 0.3 is 0 Å². The quantitative estimate of drug-likeness (QED) is 0.479. The van der Waals surface area contributed by atoms with Crippen LogP contribution in [0.4, 0.5) is 0 Å². The molecule has 86 valence electrons. The number of hydrogen-bond acceptors (Lipinski definition) is 2. The Morgan fingerprint density at radius 2 is 2.12 bits per heavy atom. The summed E-state index contributed by atoms with van der Waals surface area (Å²) in [6.45, 7) is 6.96. The maximum Gasteiger partial charge on any atom is 0.186 e. The molecule has 0 saturated heterocycles. The topological polar surface area (TPSA) is 36.4 Å². The maximum atomic E-state index is 4.98. The fourth-order valence-corrected chi connectivity index (χ4v) is 1.41. The lowest BCUT2D eigenvalue weighted by atomic mass is 10.1. The molecule has 0 aromatic heterocycles. The Labute approximate surface area is 102 Å². The number of rotatable bonds is 3. The summed E-state index contributed by atoms with van der Waals surface area (Å²) in [4.78, 5) is 0. The van der Waals surface area contributed by atoms with Gasteiger partial charge in [0.2, 0.25) is 0 Å². The molecule has 0 amide bonds. The van der Waals surface area contributed by atoms with Gasteiger partial charge in [-0.2, -0.15) is 5.10 Å². The van der Waals surface area contributed by atoms with Crippen molar-refractivity contribution in [3.63, 3.8) is 0 Å². The second-order valence-electron chi connectivity index (χ2n) is 3.57. The van der Waals surface area contributed by atoms with Gasteiger partial charge in [-0.05, 0) is 49.7 Å². The molecule has 1 aromatic carbocycles. The SMILES string of the molecule is CCNC(=S)N/N=C/c1ccc(C)c(C)c1. The Kier molecular flexibility index (Phi) is 4.92. The standard InChI is InChI=1S/C12H17N3S/c1-4-13-12(16)15-14-8-11-6-5-9(2)10(3)7-11/h5-8H,4H2,1-3H3,(H2,13,15,16)/b14-8+. The van der Waals surface area contributed by atoms with Crippen molar-refractivity contribution >= 4 is 23.5 Å². The summed E-state index contributed by atoms with van der Waals surface area (Å²) in [6, 6.07) is 6.21. The van der Waals surface area contributed by atoms with Crippen LogP contribution in [0, 0.1) is 13.8 Å². The van der Waals surface area contributed by atoms with Gasteiger partial charge in [0.05, 0.1) is 6.21 Å². The highest BCUT2D eigenvalue weighted by molar-refractivity contribution is 7.80. The molecule has 3 nitrogen and oxygen atoms in total. The second kappa shape index (κ2) is 6.23. The van der Waals surface area contributed by atoms with E-state index in [0.717, 1.165) is 12.1 Å². The highest BCUT2D eigenvalue weighted by Crippen LogP contribution is 2.07. The van der Waals surface area contributed by atoms with Crippen molar-refractivity contribution in [1.29, 1.82) is 0 Å². The lowest BCUT2D eigenvalue weighted by Crippen LogP contribution is -2.31. The van der Waals surface area contributed by atoms with Crippen LogP contribution in [0.2, 0.25) is 0 Å². The number of hydrazone groups is 1. The Hall–Kier alpha value is -1.42. The minimum absolute atomic E-state index is 0.544. The summed E-state index contributed by atoms with van der Waals surface area (Å²) in [6.07, 6.45) is 1.76. The first-order valence-corrected chi connectivity index (χ1v) is 5.68. The largest absolute Gasteiger partial charge is 0.362 e. The molecule has 4 heteroatoms. The minimum atomic E-state index is 0.544. The van der Waals surface area contributed by atoms with Gasteiger partial charge in [0.25, 0.3) is 0 Å². The molecule has 0 unspecified atom stereocenters. The van der Waals surface area contributed by atoms with Crippen LogP contribution in [0.5, 0.6) is 0 Å². The van der Waals surface area contributed by atoms with Crippen molar-refractivity contribution in [3.8, 4) is 0 Å². The Morgan fingerprint density at radius 3 is 2.75 bits per heavy atom. The van der Waals surface area contributed by atoms with Gasteiger partial charge in [-0.15, -0.1) is 0 Å². The summed E-state index contributed by atoms with van der Waals surface area (Å²) in [5.74, 6) is 0. The van der Waals surface area contributed by atoms with Crippen molar-refractivity contribution in [3.05, 3.63) is 34.9 Å². The van der Waals surface area contributed by atoms with E-state index in [1.165, 1.54) is 11.1 Å². The molecule has 0 aliphatic carbocycles. The van der Waals surface area contributed by atoms with E-state index in [1.807, 2.05) is 13.0 Å². The first-order chi connectivity index (χ1) is 7.63.